The van der Waals surface area contributed by atoms with Crippen LogP contribution in [-0.4, -0.2) is 54.2 Å². The molecule has 0 N–H and O–H groups in total. The first-order valence-electron chi connectivity index (χ1n) is 16.7. The molecule has 0 atom stereocenters. The number of rotatable bonds is 14. The molecule has 0 saturated heterocycles. The van der Waals surface area contributed by atoms with Gasteiger partial charge in [0.25, 0.3) is 0 Å². The molecule has 0 heterocycles. The van der Waals surface area contributed by atoms with Gasteiger partial charge in [0.05, 0.1) is 11.9 Å². The SMILES string of the molecule is CC(C)(C)c1ccc(C(=O)[O-])cc1.CC(C)(C)c1ccc(C(=O)[O-])cc1.CCC[CH2][Sn+2][CH2]CCC.CCC[CH2][Sn+2][CH2]CCC.[O-2]. The molecule has 0 bridgehead atoms. The number of hydrogen-bond acceptors (Lipinski definition) is 4. The van der Waals surface area contributed by atoms with Crippen LogP contribution in [0.1, 0.15) is 152 Å². The van der Waals surface area contributed by atoms with Crippen molar-refractivity contribution in [3.8, 4) is 0 Å². The van der Waals surface area contributed by atoms with E-state index in [-0.39, 0.29) is 69.7 Å². The number of carboxylic acids is 2. The third-order valence-corrected chi connectivity index (χ3v) is 14.9. The first kappa shape index (κ1) is 48.3. The van der Waals surface area contributed by atoms with E-state index in [0.29, 0.717) is 0 Å². The summed E-state index contributed by atoms with van der Waals surface area (Å²) in [5.74, 6) is -2.25. The second-order valence-corrected chi connectivity index (χ2v) is 21.7. The fraction of sp³-hybridized carbons (Fsp3) is 0.632. The van der Waals surface area contributed by atoms with Crippen molar-refractivity contribution in [1.82, 2.24) is 0 Å². The number of carboxylic acid groups (broad SMARTS) is 2. The minimum atomic E-state index is -1.12. The molecule has 2 aromatic carbocycles. The van der Waals surface area contributed by atoms with Crippen LogP contribution in [0.15, 0.2) is 48.5 Å². The number of benzene rings is 2. The summed E-state index contributed by atoms with van der Waals surface area (Å²) in [5, 5.41) is 20.9. The predicted octanol–water partition coefficient (Wildman–Crippen LogP) is 8.83. The van der Waals surface area contributed by atoms with Gasteiger partial charge in [0, 0.05) is 0 Å². The van der Waals surface area contributed by atoms with Gasteiger partial charge in [-0.3, -0.25) is 0 Å². The van der Waals surface area contributed by atoms with Crippen LogP contribution in [0.2, 0.25) is 17.7 Å². The van der Waals surface area contributed by atoms with Gasteiger partial charge >= 0.3 is 139 Å². The monoisotopic (exact) mass is 838 g/mol. The molecule has 45 heavy (non-hydrogen) atoms. The maximum Gasteiger partial charge on any atom is -2.00 e. The summed E-state index contributed by atoms with van der Waals surface area (Å²) in [5.41, 5.74) is 2.82. The van der Waals surface area contributed by atoms with Gasteiger partial charge < -0.3 is 25.3 Å². The molecule has 0 aliphatic carbocycles. The Kier molecular flexibility index (Phi) is 31.3. The van der Waals surface area contributed by atoms with Gasteiger partial charge in [0.2, 0.25) is 0 Å². The molecule has 5 nitrogen and oxygen atoms in total. The zero-order valence-electron chi connectivity index (χ0n) is 30.1. The molecule has 7 heteroatoms. The van der Waals surface area contributed by atoms with Crippen LogP contribution >= 0.6 is 0 Å². The Balaban J connectivity index is -0.000000528. The third-order valence-electron chi connectivity index (χ3n) is 6.80. The van der Waals surface area contributed by atoms with Gasteiger partial charge in [-0.25, -0.2) is 0 Å². The van der Waals surface area contributed by atoms with Gasteiger partial charge in [-0.15, -0.1) is 0 Å². The summed E-state index contributed by atoms with van der Waals surface area (Å²) >= 11 is 0.299. The predicted molar refractivity (Wildman–Crippen MR) is 190 cm³/mol. The van der Waals surface area contributed by atoms with E-state index in [2.05, 4.69) is 69.2 Å². The van der Waals surface area contributed by atoms with Gasteiger partial charge in [0.15, 0.2) is 0 Å². The standard InChI is InChI=1S/2C11H14O2.4C4H9.O.2Sn/c2*1-11(2,3)9-6-4-8(5-7-9)10(12)13;4*1-3-4-2;;;/h2*4-7H,1-3H3,(H,12,13);4*1,3-4H2,2H3;;;/q;;;;;;-2;2*+2/p-2. The molecular weight excluding hydrogens is 774 g/mol. The van der Waals surface area contributed by atoms with E-state index in [0.717, 1.165) is 11.1 Å². The fourth-order valence-electron chi connectivity index (χ4n) is 3.67. The summed E-state index contributed by atoms with van der Waals surface area (Å²) in [6.07, 6.45) is 11.7. The van der Waals surface area contributed by atoms with E-state index in [9.17, 15) is 19.8 Å². The van der Waals surface area contributed by atoms with Gasteiger partial charge in [-0.05, 0) is 33.1 Å². The van der Waals surface area contributed by atoms with Crippen LogP contribution in [0.25, 0.3) is 0 Å². The van der Waals surface area contributed by atoms with E-state index in [1.807, 2.05) is 24.3 Å². The number of unbranched alkanes of at least 4 members (excludes halogenated alkanes) is 4. The summed E-state index contributed by atoms with van der Waals surface area (Å²) in [6.45, 7) is 21.7. The summed E-state index contributed by atoms with van der Waals surface area (Å²) in [4.78, 5) is 20.9. The zero-order valence-corrected chi connectivity index (χ0v) is 35.9. The maximum absolute atomic E-state index is 10.5. The topological polar surface area (TPSA) is 109 Å². The van der Waals surface area contributed by atoms with E-state index in [1.54, 1.807) is 42.0 Å². The van der Waals surface area contributed by atoms with Gasteiger partial charge in [-0.1, -0.05) is 90.1 Å². The minimum absolute atomic E-state index is 0. The van der Waals surface area contributed by atoms with Crippen LogP contribution in [0.4, 0.5) is 0 Å². The fourth-order valence-corrected chi connectivity index (χ4v) is 12.0. The van der Waals surface area contributed by atoms with Crippen molar-refractivity contribution in [3.63, 3.8) is 0 Å². The third kappa shape index (κ3) is 27.7. The Bertz CT molecular complexity index is 882. The Morgan fingerprint density at radius 1 is 0.511 bits per heavy atom. The van der Waals surface area contributed by atoms with Crippen LogP contribution in [0.5, 0.6) is 0 Å². The Hall–Kier alpha value is -1.06. The smallest absolute Gasteiger partial charge is 2.00 e. The first-order chi connectivity index (χ1) is 20.6. The van der Waals surface area contributed by atoms with Gasteiger partial charge in [-0.2, -0.15) is 0 Å². The van der Waals surface area contributed by atoms with Crippen LogP contribution in [-0.2, 0) is 16.3 Å². The van der Waals surface area contributed by atoms with Crippen molar-refractivity contribution in [1.29, 1.82) is 0 Å². The summed E-state index contributed by atoms with van der Waals surface area (Å²) < 4.78 is 6.50. The molecule has 0 radical (unpaired) electrons. The van der Waals surface area contributed by atoms with E-state index in [1.165, 1.54) is 51.4 Å². The normalized spacial score (nSPS) is 10.2. The molecule has 2 aromatic rings. The Morgan fingerprint density at radius 3 is 0.889 bits per heavy atom. The van der Waals surface area contributed by atoms with Crippen molar-refractivity contribution >= 4 is 54.2 Å². The van der Waals surface area contributed by atoms with Crippen LogP contribution < -0.4 is 10.2 Å². The molecule has 0 aliphatic rings. The van der Waals surface area contributed by atoms with Crippen molar-refractivity contribution in [2.45, 2.75) is 149 Å². The number of aromatic carboxylic acids is 2. The quantitative estimate of drug-likeness (QED) is 0.140. The molecule has 0 saturated carbocycles. The average molecular weight is 836 g/mol. The molecule has 252 valence electrons. The van der Waals surface area contributed by atoms with E-state index in [4.69, 9.17) is 0 Å². The van der Waals surface area contributed by atoms with Crippen LogP contribution in [0.3, 0.4) is 0 Å². The molecule has 0 amide bonds. The molecule has 0 aliphatic heterocycles. The molecule has 2 rings (SSSR count). The van der Waals surface area contributed by atoms with Gasteiger partial charge in [0.1, 0.15) is 0 Å². The van der Waals surface area contributed by atoms with Crippen molar-refractivity contribution in [3.05, 3.63) is 70.8 Å². The second-order valence-electron chi connectivity index (χ2n) is 13.1. The minimum Gasteiger partial charge on any atom is -2.00 e. The number of hydrogen-bond donors (Lipinski definition) is 0. The van der Waals surface area contributed by atoms with Crippen LogP contribution in [0, 0.1) is 0 Å². The zero-order chi connectivity index (χ0) is 34.0. The maximum atomic E-state index is 10.5. The molecular formula is C38H62O5Sn2. The molecule has 0 spiro atoms. The average Bonchev–Trinajstić information content (AvgIpc) is 2.97. The summed E-state index contributed by atoms with van der Waals surface area (Å²) in [7, 11) is 0. The number of carbonyl (C=O) groups excluding carboxylic acids is 2. The molecule has 0 fully saturated rings. The number of carbonyl (C=O) groups is 2. The molecule has 0 unspecified atom stereocenters. The van der Waals surface area contributed by atoms with Crippen molar-refractivity contribution in [2.24, 2.45) is 0 Å². The Morgan fingerprint density at radius 2 is 0.733 bits per heavy atom. The van der Waals surface area contributed by atoms with E-state index >= 15 is 0 Å². The first-order valence-corrected chi connectivity index (χ1v) is 24.8. The largest absolute Gasteiger partial charge is 2.00 e. The molecule has 0 aromatic heterocycles. The Labute approximate surface area is 297 Å². The second kappa shape index (κ2) is 29.1. The summed E-state index contributed by atoms with van der Waals surface area (Å²) in [6, 6.07) is 13.6. The van der Waals surface area contributed by atoms with Crippen molar-refractivity contribution in [2.75, 3.05) is 0 Å². The van der Waals surface area contributed by atoms with E-state index < -0.39 is 11.9 Å². The van der Waals surface area contributed by atoms with Crippen molar-refractivity contribution < 1.29 is 25.3 Å².